The average Bonchev–Trinajstić information content (AvgIpc) is 3.25. The van der Waals surface area contributed by atoms with Crippen LogP contribution in [-0.4, -0.2) is 43.0 Å². The smallest absolute Gasteiger partial charge is 0.230 e. The Morgan fingerprint density at radius 3 is 2.72 bits per heavy atom. The van der Waals surface area contributed by atoms with Crippen LogP contribution in [-0.2, 0) is 15.0 Å². The number of rotatable bonds is 6. The van der Waals surface area contributed by atoms with Crippen molar-refractivity contribution >= 4 is 11.8 Å². The van der Waals surface area contributed by atoms with Crippen LogP contribution in [0.3, 0.4) is 0 Å². The Hall–Kier alpha value is -2.04. The molecule has 1 aromatic carbocycles. The second-order valence-electron chi connectivity index (χ2n) is 7.34. The van der Waals surface area contributed by atoms with Crippen LogP contribution in [0.2, 0.25) is 0 Å². The molecule has 2 aliphatic rings. The third-order valence-electron chi connectivity index (χ3n) is 5.56. The lowest BCUT2D eigenvalue weighted by molar-refractivity contribution is -0.130. The minimum absolute atomic E-state index is 0.0439. The number of ether oxygens (including phenoxy) is 1. The molecule has 0 unspecified atom stereocenters. The van der Waals surface area contributed by atoms with E-state index >= 15 is 0 Å². The predicted octanol–water partition coefficient (Wildman–Crippen LogP) is 2.63. The van der Waals surface area contributed by atoms with E-state index in [0.717, 1.165) is 50.0 Å². The van der Waals surface area contributed by atoms with E-state index < -0.39 is 5.41 Å². The topological polar surface area (TPSA) is 58.6 Å². The maximum absolute atomic E-state index is 13.2. The maximum Gasteiger partial charge on any atom is 0.230 e. The summed E-state index contributed by atoms with van der Waals surface area (Å²) in [6.07, 6.45) is 5.40. The first kappa shape index (κ1) is 17.8. The second-order valence-corrected chi connectivity index (χ2v) is 7.34. The quantitative estimate of drug-likeness (QED) is 0.863. The van der Waals surface area contributed by atoms with Crippen molar-refractivity contribution in [2.45, 2.75) is 56.9 Å². The summed E-state index contributed by atoms with van der Waals surface area (Å²) in [6, 6.07) is 7.83. The molecule has 136 valence electrons. The van der Waals surface area contributed by atoms with Crippen LogP contribution in [0.1, 0.15) is 51.0 Å². The molecule has 1 aliphatic heterocycles. The molecule has 0 bridgehead atoms. The van der Waals surface area contributed by atoms with Gasteiger partial charge in [0, 0.05) is 25.6 Å². The summed E-state index contributed by atoms with van der Waals surface area (Å²) < 4.78 is 5.34. The third-order valence-corrected chi connectivity index (χ3v) is 5.56. The molecule has 5 heteroatoms. The molecular weight excluding hydrogens is 316 g/mol. The fraction of sp³-hybridized carbons (Fsp3) is 0.600. The van der Waals surface area contributed by atoms with Crippen molar-refractivity contribution in [3.05, 3.63) is 29.8 Å². The van der Waals surface area contributed by atoms with E-state index in [2.05, 4.69) is 5.32 Å². The van der Waals surface area contributed by atoms with Crippen molar-refractivity contribution in [3.63, 3.8) is 0 Å². The number of hydrogen-bond donors (Lipinski definition) is 1. The summed E-state index contributed by atoms with van der Waals surface area (Å²) in [6.45, 7) is 3.39. The summed E-state index contributed by atoms with van der Waals surface area (Å²) in [7, 11) is 1.65. The first-order valence-corrected chi connectivity index (χ1v) is 9.28. The summed E-state index contributed by atoms with van der Waals surface area (Å²) >= 11 is 0. The van der Waals surface area contributed by atoms with Gasteiger partial charge >= 0.3 is 0 Å². The van der Waals surface area contributed by atoms with Crippen molar-refractivity contribution in [2.24, 2.45) is 0 Å². The van der Waals surface area contributed by atoms with Gasteiger partial charge in [0.25, 0.3) is 0 Å². The van der Waals surface area contributed by atoms with Crippen LogP contribution in [0, 0.1) is 0 Å². The molecule has 1 aliphatic carbocycles. The maximum atomic E-state index is 13.2. The Bertz CT molecular complexity index is 638. The predicted molar refractivity (Wildman–Crippen MR) is 96.6 cm³/mol. The second kappa shape index (κ2) is 7.46. The molecule has 1 N–H and O–H groups in total. The number of benzene rings is 1. The van der Waals surface area contributed by atoms with Gasteiger partial charge in [0.15, 0.2) is 0 Å². The average molecular weight is 344 g/mol. The lowest BCUT2D eigenvalue weighted by Gasteiger charge is -2.31. The van der Waals surface area contributed by atoms with Gasteiger partial charge in [-0.05, 0) is 43.9 Å². The van der Waals surface area contributed by atoms with Crippen LogP contribution in [0.25, 0.3) is 0 Å². The molecular formula is C20H28N2O3. The lowest BCUT2D eigenvalue weighted by atomic mass is 9.77. The first-order chi connectivity index (χ1) is 12.0. The Balaban J connectivity index is 1.73. The van der Waals surface area contributed by atoms with Crippen LogP contribution in [0.4, 0.5) is 0 Å². The van der Waals surface area contributed by atoms with Gasteiger partial charge in [-0.2, -0.15) is 0 Å². The highest BCUT2D eigenvalue weighted by Crippen LogP contribution is 2.42. The minimum Gasteiger partial charge on any atom is -0.497 e. The fourth-order valence-electron chi connectivity index (χ4n) is 4.18. The summed E-state index contributed by atoms with van der Waals surface area (Å²) in [5.41, 5.74) is 0.559. The highest BCUT2D eigenvalue weighted by Gasteiger charge is 2.43. The van der Waals surface area contributed by atoms with Crippen LogP contribution < -0.4 is 10.1 Å². The van der Waals surface area contributed by atoms with Crippen molar-refractivity contribution < 1.29 is 14.3 Å². The molecule has 3 rings (SSSR count). The van der Waals surface area contributed by atoms with Gasteiger partial charge in [-0.3, -0.25) is 9.59 Å². The number of amides is 2. The zero-order chi connectivity index (χ0) is 17.9. The molecule has 0 spiro atoms. The number of methoxy groups -OCH3 is 1. The number of carbonyl (C=O) groups excluding carboxylic acids is 2. The zero-order valence-electron chi connectivity index (χ0n) is 15.2. The molecule has 5 nitrogen and oxygen atoms in total. The van der Waals surface area contributed by atoms with Crippen LogP contribution in [0.5, 0.6) is 5.75 Å². The third kappa shape index (κ3) is 3.65. The molecule has 1 heterocycles. The fourth-order valence-corrected chi connectivity index (χ4v) is 4.18. The lowest BCUT2D eigenvalue weighted by Crippen LogP contribution is -2.49. The zero-order valence-corrected chi connectivity index (χ0v) is 15.2. The van der Waals surface area contributed by atoms with E-state index in [1.54, 1.807) is 7.11 Å². The number of likely N-dealkylation sites (tertiary alicyclic amines) is 1. The summed E-state index contributed by atoms with van der Waals surface area (Å²) in [5.74, 6) is 1.06. The first-order valence-electron chi connectivity index (χ1n) is 9.28. The molecule has 1 atom stereocenters. The minimum atomic E-state index is -0.474. The Labute approximate surface area is 149 Å². The number of nitrogens with one attached hydrogen (secondary N) is 1. The van der Waals surface area contributed by atoms with E-state index in [4.69, 9.17) is 4.74 Å². The highest BCUT2D eigenvalue weighted by molar-refractivity contribution is 5.89. The van der Waals surface area contributed by atoms with Gasteiger partial charge in [-0.15, -0.1) is 0 Å². The van der Waals surface area contributed by atoms with Crippen molar-refractivity contribution in [1.29, 1.82) is 0 Å². The van der Waals surface area contributed by atoms with Gasteiger partial charge in [-0.25, -0.2) is 0 Å². The van der Waals surface area contributed by atoms with E-state index in [-0.39, 0.29) is 17.9 Å². The SMILES string of the molecule is COc1cccc(C2(C(=O)N[C@@H](C)CN3CCCC3=O)CCCC2)c1. The molecule has 1 saturated carbocycles. The van der Waals surface area contributed by atoms with Gasteiger partial charge < -0.3 is 15.0 Å². The van der Waals surface area contributed by atoms with Gasteiger partial charge in [0.2, 0.25) is 11.8 Å². The largest absolute Gasteiger partial charge is 0.497 e. The number of nitrogens with zero attached hydrogens (tertiary/aromatic N) is 1. The summed E-state index contributed by atoms with van der Waals surface area (Å²) in [4.78, 5) is 26.8. The molecule has 1 aromatic rings. The van der Waals surface area contributed by atoms with Crippen molar-refractivity contribution in [1.82, 2.24) is 10.2 Å². The van der Waals surface area contributed by atoms with E-state index in [9.17, 15) is 9.59 Å². The Morgan fingerprint density at radius 2 is 2.08 bits per heavy atom. The molecule has 25 heavy (non-hydrogen) atoms. The Morgan fingerprint density at radius 1 is 1.32 bits per heavy atom. The Kier molecular flexibility index (Phi) is 5.30. The summed E-state index contributed by atoms with van der Waals surface area (Å²) in [5, 5.41) is 3.17. The normalized spacial score (nSPS) is 20.6. The molecule has 0 aromatic heterocycles. The standard InChI is InChI=1S/C20H28N2O3/c1-15(14-22-12-6-9-18(22)23)21-19(24)20(10-3-4-11-20)16-7-5-8-17(13-16)25-2/h5,7-8,13,15H,3-4,6,9-12,14H2,1-2H3,(H,21,24)/t15-/m0/s1. The number of carbonyl (C=O) groups is 2. The van der Waals surface area contributed by atoms with Crippen LogP contribution >= 0.6 is 0 Å². The van der Waals surface area contributed by atoms with Gasteiger partial charge in [0.1, 0.15) is 5.75 Å². The highest BCUT2D eigenvalue weighted by atomic mass is 16.5. The number of hydrogen-bond acceptors (Lipinski definition) is 3. The molecule has 2 fully saturated rings. The molecule has 2 amide bonds. The van der Waals surface area contributed by atoms with Gasteiger partial charge in [-0.1, -0.05) is 25.0 Å². The van der Waals surface area contributed by atoms with Crippen molar-refractivity contribution in [3.8, 4) is 5.75 Å². The van der Waals surface area contributed by atoms with Crippen molar-refractivity contribution in [2.75, 3.05) is 20.2 Å². The molecule has 1 saturated heterocycles. The van der Waals surface area contributed by atoms with E-state index in [1.807, 2.05) is 36.1 Å². The van der Waals surface area contributed by atoms with Gasteiger partial charge in [0.05, 0.1) is 12.5 Å². The van der Waals surface area contributed by atoms with E-state index in [0.29, 0.717) is 13.0 Å². The monoisotopic (exact) mass is 344 g/mol. The van der Waals surface area contributed by atoms with Crippen LogP contribution in [0.15, 0.2) is 24.3 Å². The molecule has 0 radical (unpaired) electrons. The van der Waals surface area contributed by atoms with E-state index in [1.165, 1.54) is 0 Å².